The summed E-state index contributed by atoms with van der Waals surface area (Å²) in [7, 11) is 0. The summed E-state index contributed by atoms with van der Waals surface area (Å²) in [6.45, 7) is 0. The van der Waals surface area contributed by atoms with Gasteiger partial charge in [-0.25, -0.2) is 0 Å². The van der Waals surface area contributed by atoms with Crippen molar-refractivity contribution in [1.29, 1.82) is 10.5 Å². The minimum atomic E-state index is 0.407. The molecule has 0 amide bonds. The molecule has 0 saturated heterocycles. The molecule has 7 nitrogen and oxygen atoms in total. The van der Waals surface area contributed by atoms with E-state index in [1.165, 1.54) is 0 Å². The predicted octanol–water partition coefficient (Wildman–Crippen LogP) is 19.8. The van der Waals surface area contributed by atoms with Crippen LogP contribution in [0.1, 0.15) is 11.1 Å². The molecule has 82 heavy (non-hydrogen) atoms. The number of aromatic nitrogens is 4. The molecule has 0 aliphatic carbocycles. The van der Waals surface area contributed by atoms with Crippen molar-refractivity contribution >= 4 is 141 Å². The zero-order chi connectivity index (χ0) is 53.9. The SMILES string of the molecule is N#Cc1c(-n2c3ccccc3c3ccccc32)c(-n2c3ccccc3c3ccccc32)c(C#N)c(-n2c3cc(-c4cccc5oc6ccccc6c45)ccc3c3ccc4c5ccccc5sc4c32)c1-n1c2ccccc2c2ccccc21. The third-order valence-electron chi connectivity index (χ3n) is 17.2. The maximum absolute atomic E-state index is 13.0. The number of para-hydroxylation sites is 7. The van der Waals surface area contributed by atoms with Crippen LogP contribution in [0.2, 0.25) is 0 Å². The Morgan fingerprint density at radius 3 is 1.21 bits per heavy atom. The summed E-state index contributed by atoms with van der Waals surface area (Å²) < 4.78 is 17.9. The van der Waals surface area contributed by atoms with Gasteiger partial charge in [0.2, 0.25) is 0 Å². The number of benzene rings is 12. The highest BCUT2D eigenvalue weighted by Gasteiger charge is 2.35. The molecule has 0 aliphatic rings. The van der Waals surface area contributed by atoms with Crippen molar-refractivity contribution in [3.63, 3.8) is 0 Å². The number of nitriles is 2. The van der Waals surface area contributed by atoms with Gasteiger partial charge in [-0.3, -0.25) is 0 Å². The minimum absolute atomic E-state index is 0.407. The molecule has 18 rings (SSSR count). The zero-order valence-corrected chi connectivity index (χ0v) is 44.4. The van der Waals surface area contributed by atoms with Gasteiger partial charge in [0.1, 0.15) is 34.4 Å². The van der Waals surface area contributed by atoms with Crippen molar-refractivity contribution < 1.29 is 4.42 Å². The van der Waals surface area contributed by atoms with Crippen LogP contribution in [-0.2, 0) is 0 Å². The van der Waals surface area contributed by atoms with Crippen LogP contribution in [0.5, 0.6) is 0 Å². The molecule has 8 heteroatoms. The van der Waals surface area contributed by atoms with Gasteiger partial charge < -0.3 is 22.7 Å². The first-order valence-electron chi connectivity index (χ1n) is 27.5. The largest absolute Gasteiger partial charge is 0.456 e. The first-order chi connectivity index (χ1) is 40.7. The third-order valence-corrected chi connectivity index (χ3v) is 18.4. The van der Waals surface area contributed by atoms with Crippen molar-refractivity contribution in [3.05, 3.63) is 254 Å². The van der Waals surface area contributed by atoms with Crippen LogP contribution < -0.4 is 0 Å². The highest BCUT2D eigenvalue weighted by atomic mass is 32.1. The second-order valence-electron chi connectivity index (χ2n) is 21.3. The summed E-state index contributed by atoms with van der Waals surface area (Å²) >= 11 is 1.76. The quantitative estimate of drug-likeness (QED) is 0.172. The van der Waals surface area contributed by atoms with E-state index in [2.05, 4.69) is 255 Å². The number of hydrogen-bond acceptors (Lipinski definition) is 4. The first kappa shape index (κ1) is 44.8. The van der Waals surface area contributed by atoms with Gasteiger partial charge in [0.25, 0.3) is 0 Å². The molecular weight excluding hydrogens is 1020 g/mol. The monoisotopic (exact) mass is 1060 g/mol. The first-order valence-corrected chi connectivity index (χ1v) is 28.3. The Labute approximate surface area is 471 Å². The molecule has 0 atom stereocenters. The van der Waals surface area contributed by atoms with Crippen LogP contribution in [0.15, 0.2) is 247 Å². The molecule has 0 aliphatic heterocycles. The average Bonchev–Trinajstić information content (AvgIpc) is 2.47. The molecule has 12 aromatic carbocycles. The molecule has 0 radical (unpaired) electrons. The Kier molecular flexibility index (Phi) is 9.11. The van der Waals surface area contributed by atoms with Crippen LogP contribution in [0.3, 0.4) is 0 Å². The van der Waals surface area contributed by atoms with Gasteiger partial charge in [-0.2, -0.15) is 10.5 Å². The summed E-state index contributed by atoms with van der Waals surface area (Å²) in [5, 5.41) is 38.5. The van der Waals surface area contributed by atoms with E-state index in [0.29, 0.717) is 33.9 Å². The topological polar surface area (TPSA) is 80.4 Å². The summed E-state index contributed by atoms with van der Waals surface area (Å²) in [6, 6.07) is 91.2. The second-order valence-corrected chi connectivity index (χ2v) is 22.3. The molecule has 0 fully saturated rings. The van der Waals surface area contributed by atoms with E-state index in [0.717, 1.165) is 140 Å². The number of thiophene rings is 1. The highest BCUT2D eigenvalue weighted by molar-refractivity contribution is 7.26. The molecule has 6 aromatic heterocycles. The van der Waals surface area contributed by atoms with Crippen LogP contribution in [0, 0.1) is 22.7 Å². The van der Waals surface area contributed by atoms with Crippen molar-refractivity contribution in [2.45, 2.75) is 0 Å². The van der Waals surface area contributed by atoms with Gasteiger partial charge >= 0.3 is 0 Å². The number of nitrogens with zero attached hydrogens (tertiary/aromatic N) is 6. The summed E-state index contributed by atoms with van der Waals surface area (Å²) in [5.41, 5.74) is 14.2. The van der Waals surface area contributed by atoms with Gasteiger partial charge in [-0.15, -0.1) is 11.3 Å². The number of furan rings is 1. The van der Waals surface area contributed by atoms with E-state index in [1.54, 1.807) is 11.3 Å². The van der Waals surface area contributed by atoms with E-state index < -0.39 is 0 Å². The highest BCUT2D eigenvalue weighted by Crippen LogP contribution is 2.51. The smallest absolute Gasteiger partial charge is 0.136 e. The maximum Gasteiger partial charge on any atom is 0.136 e. The van der Waals surface area contributed by atoms with Gasteiger partial charge in [-0.1, -0.05) is 182 Å². The number of hydrogen-bond donors (Lipinski definition) is 0. The van der Waals surface area contributed by atoms with Crippen LogP contribution in [0.4, 0.5) is 0 Å². The number of rotatable bonds is 5. The standard InChI is InChI=1S/C74H40N6OS/c75-41-56-69(77-58-27-9-1-18-45(58)46-19-2-10-28-59(46)77)70(78-60-29-11-3-20-47(60)48-21-4-12-30-61(48)78)57(42-76)72(71(56)79-62-31-13-5-22-49(62)50-23-6-14-32-63(50)79)80-64-40-43(44-26-17-34-66-68(44)55-25-7-15-33-65(55)81-66)36-37-51(64)53-38-39-54-52-24-8-16-35-67(52)82-74(54)73(53)80/h1-40H. The van der Waals surface area contributed by atoms with Gasteiger partial charge in [0, 0.05) is 69.3 Å². The molecule has 0 spiro atoms. The molecule has 18 aromatic rings. The predicted molar refractivity (Wildman–Crippen MR) is 339 cm³/mol. The Balaban J connectivity index is 1.14. The Bertz CT molecular complexity index is 5780. The minimum Gasteiger partial charge on any atom is -0.456 e. The van der Waals surface area contributed by atoms with E-state index in [9.17, 15) is 10.5 Å². The lowest BCUT2D eigenvalue weighted by Gasteiger charge is -2.27. The second kappa shape index (κ2) is 16.7. The van der Waals surface area contributed by atoms with E-state index in [4.69, 9.17) is 4.42 Å². The van der Waals surface area contributed by atoms with Gasteiger partial charge in [0.05, 0.1) is 71.6 Å². The molecule has 378 valence electrons. The van der Waals surface area contributed by atoms with Crippen molar-refractivity contribution in [3.8, 4) is 46.0 Å². The fourth-order valence-corrected chi connectivity index (χ4v) is 15.2. The van der Waals surface area contributed by atoms with Crippen molar-refractivity contribution in [1.82, 2.24) is 18.3 Å². The van der Waals surface area contributed by atoms with Crippen molar-refractivity contribution in [2.24, 2.45) is 0 Å². The van der Waals surface area contributed by atoms with Crippen molar-refractivity contribution in [2.75, 3.05) is 0 Å². The molecule has 0 N–H and O–H groups in total. The molecule has 6 heterocycles. The lowest BCUT2D eigenvalue weighted by molar-refractivity contribution is 0.669. The normalized spacial score (nSPS) is 12.1. The zero-order valence-electron chi connectivity index (χ0n) is 43.6. The van der Waals surface area contributed by atoms with Crippen LogP contribution in [-0.4, -0.2) is 18.3 Å². The third kappa shape index (κ3) is 5.84. The van der Waals surface area contributed by atoms with Gasteiger partial charge in [-0.05, 0) is 71.8 Å². The average molecular weight is 1060 g/mol. The molecule has 0 bridgehead atoms. The van der Waals surface area contributed by atoms with Gasteiger partial charge in [0.15, 0.2) is 0 Å². The Morgan fingerprint density at radius 1 is 0.317 bits per heavy atom. The van der Waals surface area contributed by atoms with E-state index in [-0.39, 0.29) is 0 Å². The fraction of sp³-hybridized carbons (Fsp3) is 0. The number of fused-ring (bicyclic) bond motifs is 19. The summed E-state index contributed by atoms with van der Waals surface area (Å²) in [4.78, 5) is 0. The summed E-state index contributed by atoms with van der Waals surface area (Å²) in [5.74, 6) is 0. The van der Waals surface area contributed by atoms with Crippen LogP contribution >= 0.6 is 11.3 Å². The fourth-order valence-electron chi connectivity index (χ4n) is 14.0. The van der Waals surface area contributed by atoms with E-state index >= 15 is 0 Å². The van der Waals surface area contributed by atoms with E-state index in [1.807, 2.05) is 18.2 Å². The Morgan fingerprint density at radius 2 is 0.707 bits per heavy atom. The molecule has 0 unspecified atom stereocenters. The molecule has 0 saturated carbocycles. The maximum atomic E-state index is 13.0. The van der Waals surface area contributed by atoms with Crippen LogP contribution in [0.25, 0.3) is 163 Å². The molecular formula is C74H40N6OS. The Hall–Kier alpha value is -11.2. The lowest BCUT2D eigenvalue weighted by Crippen LogP contribution is -2.16. The lowest BCUT2D eigenvalue weighted by atomic mass is 9.97. The summed E-state index contributed by atoms with van der Waals surface area (Å²) in [6.07, 6.45) is 0.